The normalized spacial score (nSPS) is 23.6. The maximum atomic E-state index is 7.76. The Hall–Kier alpha value is -5.01. The predicted octanol–water partition coefficient (Wildman–Crippen LogP) is 18.7. The first kappa shape index (κ1) is 98.8. The van der Waals surface area contributed by atoms with Crippen molar-refractivity contribution < 1.29 is 14.2 Å². The molecule has 0 atom stereocenters. The summed E-state index contributed by atoms with van der Waals surface area (Å²) in [4.78, 5) is 81.9. The van der Waals surface area contributed by atoms with Crippen LogP contribution in [0.25, 0.3) is 0 Å². The van der Waals surface area contributed by atoms with Gasteiger partial charge in [-0.25, -0.2) is 0 Å². The molecule has 0 bridgehead atoms. The highest BCUT2D eigenvalue weighted by atomic mass is 16.6. The molecule has 0 radical (unpaired) electrons. The van der Waals surface area contributed by atoms with E-state index in [0.717, 1.165) is 193 Å². The van der Waals surface area contributed by atoms with E-state index < -0.39 is 6.10 Å². The smallest absolute Gasteiger partial charge is 0.323 e. The van der Waals surface area contributed by atoms with Crippen LogP contribution >= 0.6 is 0 Å². The highest BCUT2D eigenvalue weighted by Crippen LogP contribution is 2.48. The second kappa shape index (κ2) is 38.3. The lowest BCUT2D eigenvalue weighted by molar-refractivity contribution is -0.0137. The van der Waals surface area contributed by atoms with Crippen LogP contribution in [0.5, 0.6) is 18.0 Å². The van der Waals surface area contributed by atoms with E-state index in [0.29, 0.717) is 35.7 Å². The summed E-state index contributed by atoms with van der Waals surface area (Å²) in [5.41, 5.74) is -1.29. The third-order valence-electron chi connectivity index (χ3n) is 31.3. The molecule has 0 aliphatic carbocycles. The standard InChI is InChI=1S/C96H179N21O3/c1-37-43-49-112(69-55-85(7,8)106(31)86(9,10)56-69)76-97-77(113(50-44-38-2)70-57-87(11,12)107(32)88(13,14)58-70)101-82(100-76)118-67-75(120-84-104-80(116(53-47-41-5)73-63-93(23,24)110(35)94(25,26)64-73)99-81(105-84)117(54-48-42-6)74-65-95(27,28)111(36)96(29,30)66-74)68-119-83-102-78(114(51-45-39-3)71-59-89(15,16)108(33)90(17,18)60-71)98-79(103-83)115(52-46-40-4)72-61-91(19,20)109(34)92(21,22)62-72/h69-75H,37-68H2,1-36H3. The van der Waals surface area contributed by atoms with Crippen molar-refractivity contribution in [3.63, 3.8) is 0 Å². The van der Waals surface area contributed by atoms with E-state index in [-0.39, 0.29) is 134 Å². The highest BCUT2D eigenvalue weighted by Gasteiger charge is 2.53. The molecule has 6 saturated heterocycles. The Morgan fingerprint density at radius 2 is 0.383 bits per heavy atom. The molecule has 0 aromatic carbocycles. The van der Waals surface area contributed by atoms with Gasteiger partial charge in [0.15, 0.2) is 6.10 Å². The number of aromatic nitrogens is 9. The summed E-state index contributed by atoms with van der Waals surface area (Å²) in [5, 5.41) is 0. The van der Waals surface area contributed by atoms with Gasteiger partial charge in [0.05, 0.1) is 0 Å². The average Bonchev–Trinajstić information content (AvgIpc) is 0.771. The van der Waals surface area contributed by atoms with Crippen molar-refractivity contribution in [3.05, 3.63) is 0 Å². The first-order valence-corrected chi connectivity index (χ1v) is 47.8. The molecule has 0 unspecified atom stereocenters. The van der Waals surface area contributed by atoms with Gasteiger partial charge < -0.3 is 43.6 Å². The van der Waals surface area contributed by atoms with Crippen molar-refractivity contribution >= 4 is 35.7 Å². The van der Waals surface area contributed by atoms with Crippen LogP contribution < -0.4 is 43.6 Å². The molecule has 9 heterocycles. The van der Waals surface area contributed by atoms with Crippen molar-refractivity contribution in [1.29, 1.82) is 0 Å². The van der Waals surface area contributed by atoms with Gasteiger partial charge in [-0.2, -0.15) is 44.9 Å². The lowest BCUT2D eigenvalue weighted by Crippen LogP contribution is -2.63. The average molecular weight is 1680 g/mol. The Balaban J connectivity index is 1.30. The van der Waals surface area contributed by atoms with Crippen LogP contribution in [-0.2, 0) is 0 Å². The summed E-state index contributed by atoms with van der Waals surface area (Å²) < 4.78 is 22.8. The van der Waals surface area contributed by atoms with Gasteiger partial charge in [0.2, 0.25) is 35.7 Å². The topological polar surface area (TPSA) is 183 Å². The molecule has 6 aliphatic rings. The lowest BCUT2D eigenvalue weighted by atomic mass is 9.77. The summed E-state index contributed by atoms with van der Waals surface area (Å²) in [7, 11) is 13.8. The molecule has 3 aromatic rings. The minimum Gasteiger partial charge on any atom is -0.459 e. The van der Waals surface area contributed by atoms with E-state index in [1.807, 2.05) is 0 Å². The molecule has 6 fully saturated rings. The second-order valence-corrected chi connectivity index (χ2v) is 45.8. The van der Waals surface area contributed by atoms with Crippen molar-refractivity contribution in [3.8, 4) is 18.0 Å². The molecule has 686 valence electrons. The second-order valence-electron chi connectivity index (χ2n) is 45.8. The van der Waals surface area contributed by atoms with Crippen molar-refractivity contribution in [2.45, 2.75) is 471 Å². The summed E-state index contributed by atoms with van der Waals surface area (Å²) >= 11 is 0. The van der Waals surface area contributed by atoms with E-state index in [4.69, 9.17) is 59.1 Å². The number of unbranched alkanes of at least 4 members (excludes halogenated alkanes) is 6. The number of ether oxygens (including phenoxy) is 3. The number of anilines is 6. The molecule has 6 aliphatic heterocycles. The molecule has 24 heteroatoms. The number of likely N-dealkylation sites (tertiary alicyclic amines) is 6. The zero-order valence-corrected chi connectivity index (χ0v) is 83.8. The molecule has 0 N–H and O–H groups in total. The van der Waals surface area contributed by atoms with Gasteiger partial charge in [-0.05, 0) is 324 Å². The molecule has 9 rings (SSSR count). The third-order valence-corrected chi connectivity index (χ3v) is 31.3. The molecular weight excluding hydrogens is 1500 g/mol. The Morgan fingerprint density at radius 3 is 0.525 bits per heavy atom. The molecule has 0 saturated carbocycles. The Bertz CT molecular complexity index is 3280. The largest absolute Gasteiger partial charge is 0.459 e. The summed E-state index contributed by atoms with van der Waals surface area (Å²) in [6, 6.07) is 1.48. The van der Waals surface area contributed by atoms with Gasteiger partial charge in [0, 0.05) is 142 Å². The molecule has 0 spiro atoms. The Kier molecular flexibility index (Phi) is 31.5. The van der Waals surface area contributed by atoms with Crippen LogP contribution in [0.1, 0.15) is 362 Å². The number of hydrogen-bond donors (Lipinski definition) is 0. The molecular formula is C96H179N21O3. The highest BCUT2D eigenvalue weighted by molar-refractivity contribution is 5.47. The summed E-state index contributed by atoms with van der Waals surface area (Å²) in [5.74, 6) is 3.87. The van der Waals surface area contributed by atoms with Gasteiger partial charge in [0.1, 0.15) is 13.2 Å². The van der Waals surface area contributed by atoms with E-state index in [1.54, 1.807) is 0 Å². The SMILES string of the molecule is CCCCN(c1nc(OCC(COc2nc(N(CCCC)C3CC(C)(C)N(C)C(C)(C)C3)nc(N(CCCC)C3CC(C)(C)N(C)C(C)(C)C3)n2)Oc2nc(N(CCCC)C3CC(C)(C)N(C)C(C)(C)C3)nc(N(CCCC)C3CC(C)(C)N(C)C(C)(C)C3)n2)nc(N(CCCC)C2CC(C)(C)N(C)C(C)(C)C2)n1)C1CC(C)(C)N(C)C(C)(C)C1. The number of rotatable bonds is 38. The van der Waals surface area contributed by atoms with Crippen LogP contribution in [0, 0.1) is 0 Å². The quantitative estimate of drug-likeness (QED) is 0.0527. The van der Waals surface area contributed by atoms with E-state index in [1.165, 1.54) is 0 Å². The number of hydrogen-bond acceptors (Lipinski definition) is 24. The first-order valence-electron chi connectivity index (χ1n) is 47.8. The summed E-state index contributed by atoms with van der Waals surface area (Å²) in [6.07, 6.45) is 22.3. The van der Waals surface area contributed by atoms with Gasteiger partial charge in [-0.1, -0.05) is 80.1 Å². The molecule has 120 heavy (non-hydrogen) atoms. The third kappa shape index (κ3) is 22.9. The van der Waals surface area contributed by atoms with Crippen molar-refractivity contribution in [2.24, 2.45) is 0 Å². The van der Waals surface area contributed by atoms with Crippen LogP contribution in [0.15, 0.2) is 0 Å². The fourth-order valence-corrected chi connectivity index (χ4v) is 22.4. The zero-order chi connectivity index (χ0) is 89.3. The Morgan fingerprint density at radius 1 is 0.242 bits per heavy atom. The Labute approximate surface area is 733 Å². The fourth-order valence-electron chi connectivity index (χ4n) is 22.4. The maximum Gasteiger partial charge on any atom is 0.323 e. The molecule has 0 amide bonds. The minimum atomic E-state index is -0.896. The minimum absolute atomic E-state index is 0.0466. The van der Waals surface area contributed by atoms with Crippen molar-refractivity contribution in [2.75, 3.05) is 124 Å². The van der Waals surface area contributed by atoms with Gasteiger partial charge in [-0.3, -0.25) is 29.4 Å². The van der Waals surface area contributed by atoms with Crippen LogP contribution in [0.2, 0.25) is 0 Å². The van der Waals surface area contributed by atoms with Crippen molar-refractivity contribution in [1.82, 2.24) is 74.3 Å². The van der Waals surface area contributed by atoms with E-state index in [9.17, 15) is 0 Å². The van der Waals surface area contributed by atoms with Gasteiger partial charge in [0.25, 0.3) is 0 Å². The zero-order valence-electron chi connectivity index (χ0n) is 83.8. The fraction of sp³-hybridized carbons (Fsp3) is 0.906. The number of piperidine rings is 6. The van der Waals surface area contributed by atoms with E-state index >= 15 is 0 Å². The van der Waals surface area contributed by atoms with Gasteiger partial charge >= 0.3 is 18.0 Å². The summed E-state index contributed by atoms with van der Waals surface area (Å²) in [6.45, 7) is 76.0. The van der Waals surface area contributed by atoms with Gasteiger partial charge in [-0.15, -0.1) is 0 Å². The maximum absolute atomic E-state index is 7.76. The molecule has 24 nitrogen and oxygen atoms in total. The lowest BCUT2D eigenvalue weighted by Gasteiger charge is -2.56. The first-order chi connectivity index (χ1) is 55.6. The molecule has 3 aromatic heterocycles. The van der Waals surface area contributed by atoms with E-state index in [2.05, 4.69) is 309 Å². The van der Waals surface area contributed by atoms with Crippen LogP contribution in [-0.4, -0.2) is 278 Å². The predicted molar refractivity (Wildman–Crippen MR) is 502 cm³/mol. The van der Waals surface area contributed by atoms with Crippen LogP contribution in [0.4, 0.5) is 35.7 Å². The monoisotopic (exact) mass is 1670 g/mol. The number of nitrogens with zero attached hydrogens (tertiary/aromatic N) is 21. The van der Waals surface area contributed by atoms with Crippen LogP contribution in [0.3, 0.4) is 0 Å².